The first-order chi connectivity index (χ1) is 17.5. The second kappa shape index (κ2) is 13.6. The minimum Gasteiger partial charge on any atom is -0.508 e. The number of rotatable bonds is 14. The third-order valence-corrected chi connectivity index (χ3v) is 5.35. The SMILES string of the molecule is CC(NC(=O)C(Cc1cnc[nH]1)NC(=O)C(N)Cc1ccc(O)cc1)C(=O)NC(CCC(=O)O)C(=O)O. The Hall–Kier alpha value is -4.46. The highest BCUT2D eigenvalue weighted by molar-refractivity contribution is 5.94. The summed E-state index contributed by atoms with van der Waals surface area (Å²) >= 11 is 0. The zero-order valence-corrected chi connectivity index (χ0v) is 20.0. The second-order valence-corrected chi connectivity index (χ2v) is 8.38. The molecule has 37 heavy (non-hydrogen) atoms. The van der Waals surface area contributed by atoms with E-state index in [1.54, 1.807) is 12.1 Å². The Morgan fingerprint density at radius 1 is 0.946 bits per heavy atom. The number of carbonyl (C=O) groups is 5. The smallest absolute Gasteiger partial charge is 0.326 e. The predicted molar refractivity (Wildman–Crippen MR) is 128 cm³/mol. The van der Waals surface area contributed by atoms with Gasteiger partial charge in [-0.15, -0.1) is 0 Å². The van der Waals surface area contributed by atoms with E-state index < -0.39 is 60.2 Å². The average molecular weight is 519 g/mol. The van der Waals surface area contributed by atoms with Gasteiger partial charge >= 0.3 is 11.9 Å². The Morgan fingerprint density at radius 3 is 2.16 bits per heavy atom. The van der Waals surface area contributed by atoms with Crippen molar-refractivity contribution in [2.75, 3.05) is 0 Å². The molecule has 14 heteroatoms. The third kappa shape index (κ3) is 9.60. The summed E-state index contributed by atoms with van der Waals surface area (Å²) in [5, 5.41) is 34.5. The van der Waals surface area contributed by atoms with Gasteiger partial charge in [-0.1, -0.05) is 12.1 Å². The number of amides is 3. The van der Waals surface area contributed by atoms with Crippen LogP contribution in [0.1, 0.15) is 31.0 Å². The van der Waals surface area contributed by atoms with Crippen molar-refractivity contribution in [1.82, 2.24) is 25.9 Å². The van der Waals surface area contributed by atoms with Crippen molar-refractivity contribution in [3.05, 3.63) is 48.0 Å². The van der Waals surface area contributed by atoms with Gasteiger partial charge in [0.15, 0.2) is 0 Å². The molecule has 0 radical (unpaired) electrons. The summed E-state index contributed by atoms with van der Waals surface area (Å²) < 4.78 is 0. The van der Waals surface area contributed by atoms with Crippen LogP contribution in [0.2, 0.25) is 0 Å². The number of carboxylic acid groups (broad SMARTS) is 2. The molecule has 2 aromatic rings. The number of aliphatic carboxylic acids is 2. The molecule has 4 atom stereocenters. The number of carboxylic acids is 2. The summed E-state index contributed by atoms with van der Waals surface area (Å²) in [6.45, 7) is 1.31. The van der Waals surface area contributed by atoms with Gasteiger partial charge in [-0.25, -0.2) is 9.78 Å². The molecule has 200 valence electrons. The molecule has 3 amide bonds. The maximum Gasteiger partial charge on any atom is 0.326 e. The number of nitrogens with two attached hydrogens (primary N) is 1. The average Bonchev–Trinajstić information content (AvgIpc) is 3.35. The molecule has 0 bridgehead atoms. The largest absolute Gasteiger partial charge is 0.508 e. The Morgan fingerprint density at radius 2 is 1.59 bits per heavy atom. The Labute approximate surface area is 211 Å². The van der Waals surface area contributed by atoms with Gasteiger partial charge < -0.3 is 42.0 Å². The van der Waals surface area contributed by atoms with Gasteiger partial charge in [0.05, 0.1) is 12.4 Å². The summed E-state index contributed by atoms with van der Waals surface area (Å²) in [6.07, 6.45) is 2.17. The van der Waals surface area contributed by atoms with Crippen molar-refractivity contribution in [2.24, 2.45) is 5.73 Å². The fourth-order valence-electron chi connectivity index (χ4n) is 3.28. The van der Waals surface area contributed by atoms with Gasteiger partial charge in [-0.3, -0.25) is 19.2 Å². The fraction of sp³-hybridized carbons (Fsp3) is 0.391. The van der Waals surface area contributed by atoms with Crippen LogP contribution in [0.5, 0.6) is 5.75 Å². The maximum atomic E-state index is 13.0. The Kier molecular flexibility index (Phi) is 10.6. The number of hydrogen-bond acceptors (Lipinski definition) is 8. The summed E-state index contributed by atoms with van der Waals surface area (Å²) in [4.78, 5) is 66.9. The molecule has 0 saturated heterocycles. The number of hydrogen-bond donors (Lipinski definition) is 8. The second-order valence-electron chi connectivity index (χ2n) is 8.38. The van der Waals surface area contributed by atoms with Crippen molar-refractivity contribution in [2.45, 2.75) is 56.8 Å². The van der Waals surface area contributed by atoms with Crippen LogP contribution < -0.4 is 21.7 Å². The molecule has 0 saturated carbocycles. The van der Waals surface area contributed by atoms with Gasteiger partial charge in [0.1, 0.15) is 23.9 Å². The minimum absolute atomic E-state index is 0.00575. The zero-order chi connectivity index (χ0) is 27.5. The molecule has 0 fully saturated rings. The predicted octanol–water partition coefficient (Wildman–Crippen LogP) is -1.35. The van der Waals surface area contributed by atoms with E-state index in [0.717, 1.165) is 0 Å². The van der Waals surface area contributed by atoms with E-state index in [9.17, 15) is 34.2 Å². The number of aromatic amines is 1. The van der Waals surface area contributed by atoms with E-state index in [2.05, 4.69) is 25.9 Å². The summed E-state index contributed by atoms with van der Waals surface area (Å²) in [5.41, 5.74) is 7.21. The number of aromatic hydroxyl groups is 1. The van der Waals surface area contributed by atoms with Crippen LogP contribution >= 0.6 is 0 Å². The molecule has 1 heterocycles. The lowest BCUT2D eigenvalue weighted by molar-refractivity contribution is -0.143. The number of aromatic nitrogens is 2. The number of nitrogens with zero attached hydrogens (tertiary/aromatic N) is 1. The molecule has 14 nitrogen and oxygen atoms in total. The Bertz CT molecular complexity index is 1090. The van der Waals surface area contributed by atoms with Crippen LogP contribution in [-0.2, 0) is 36.8 Å². The lowest BCUT2D eigenvalue weighted by atomic mass is 10.0. The molecule has 0 aliphatic rings. The fourth-order valence-corrected chi connectivity index (χ4v) is 3.28. The number of carbonyl (C=O) groups excluding carboxylic acids is 3. The number of imidazole rings is 1. The summed E-state index contributed by atoms with van der Waals surface area (Å²) in [5.74, 6) is -4.79. The van der Waals surface area contributed by atoms with E-state index in [-0.39, 0.29) is 25.0 Å². The Balaban J connectivity index is 2.04. The number of benzene rings is 1. The van der Waals surface area contributed by atoms with Crippen LogP contribution in [0.4, 0.5) is 0 Å². The van der Waals surface area contributed by atoms with E-state index in [1.807, 2.05) is 0 Å². The van der Waals surface area contributed by atoms with Crippen LogP contribution in [0.25, 0.3) is 0 Å². The lowest BCUT2D eigenvalue weighted by Gasteiger charge is -2.23. The van der Waals surface area contributed by atoms with Crippen LogP contribution in [0.3, 0.4) is 0 Å². The first kappa shape index (κ1) is 28.8. The van der Waals surface area contributed by atoms with Gasteiger partial charge in [-0.05, 0) is 37.5 Å². The van der Waals surface area contributed by atoms with Crippen LogP contribution in [0, 0.1) is 0 Å². The lowest BCUT2D eigenvalue weighted by Crippen LogP contribution is -2.57. The highest BCUT2D eigenvalue weighted by atomic mass is 16.4. The van der Waals surface area contributed by atoms with Gasteiger partial charge in [0.25, 0.3) is 0 Å². The molecular weight excluding hydrogens is 488 g/mol. The van der Waals surface area contributed by atoms with Gasteiger partial charge in [-0.2, -0.15) is 0 Å². The monoisotopic (exact) mass is 518 g/mol. The summed E-state index contributed by atoms with van der Waals surface area (Å²) in [7, 11) is 0. The van der Waals surface area contributed by atoms with Gasteiger partial charge in [0, 0.05) is 24.7 Å². The van der Waals surface area contributed by atoms with Crippen LogP contribution in [0.15, 0.2) is 36.8 Å². The van der Waals surface area contributed by atoms with Crippen molar-refractivity contribution < 1.29 is 39.3 Å². The first-order valence-electron chi connectivity index (χ1n) is 11.3. The quantitative estimate of drug-likeness (QED) is 0.146. The third-order valence-electron chi connectivity index (χ3n) is 5.35. The highest BCUT2D eigenvalue weighted by Gasteiger charge is 2.29. The molecule has 0 aliphatic carbocycles. The number of phenolic OH excluding ortho intramolecular Hbond substituents is 1. The molecule has 0 spiro atoms. The number of H-pyrrole nitrogens is 1. The molecule has 2 rings (SSSR count). The van der Waals surface area contributed by atoms with Gasteiger partial charge in [0.2, 0.25) is 17.7 Å². The molecular formula is C23H30N6O8. The van der Waals surface area contributed by atoms with Crippen molar-refractivity contribution in [3.63, 3.8) is 0 Å². The van der Waals surface area contributed by atoms with Crippen molar-refractivity contribution >= 4 is 29.7 Å². The maximum absolute atomic E-state index is 13.0. The molecule has 1 aromatic carbocycles. The topological polar surface area (TPSA) is 237 Å². The minimum atomic E-state index is -1.46. The molecule has 1 aromatic heterocycles. The van der Waals surface area contributed by atoms with E-state index >= 15 is 0 Å². The van der Waals surface area contributed by atoms with E-state index in [4.69, 9.17) is 10.8 Å². The normalized spacial score (nSPS) is 14.0. The molecule has 9 N–H and O–H groups in total. The molecule has 4 unspecified atom stereocenters. The molecule has 0 aliphatic heterocycles. The van der Waals surface area contributed by atoms with Crippen molar-refractivity contribution in [1.29, 1.82) is 0 Å². The van der Waals surface area contributed by atoms with Crippen molar-refractivity contribution in [3.8, 4) is 5.75 Å². The highest BCUT2D eigenvalue weighted by Crippen LogP contribution is 2.11. The zero-order valence-electron chi connectivity index (χ0n) is 20.0. The summed E-state index contributed by atoms with van der Waals surface area (Å²) in [6, 6.07) is 1.29. The van der Waals surface area contributed by atoms with Crippen LogP contribution in [-0.4, -0.2) is 79.1 Å². The first-order valence-corrected chi connectivity index (χ1v) is 11.3. The number of phenols is 1. The standard InChI is InChI=1S/C23H30N6O8/c1-12(20(33)28-17(23(36)37)6-7-19(31)32)27-22(35)18(9-14-10-25-11-26-14)29-21(34)16(24)8-13-2-4-15(30)5-3-13/h2-5,10-12,16-18,30H,6-9,24H2,1H3,(H,25,26)(H,27,35)(H,28,33)(H,29,34)(H,31,32)(H,36,37). The van der Waals surface area contributed by atoms with E-state index in [0.29, 0.717) is 11.3 Å². The number of nitrogens with one attached hydrogen (secondary N) is 4. The van der Waals surface area contributed by atoms with E-state index in [1.165, 1.54) is 31.6 Å².